The van der Waals surface area contributed by atoms with Crippen molar-refractivity contribution < 1.29 is 4.74 Å². The molecule has 0 aliphatic carbocycles. The van der Waals surface area contributed by atoms with Gasteiger partial charge >= 0.3 is 0 Å². The predicted octanol–water partition coefficient (Wildman–Crippen LogP) is 2.49. The van der Waals surface area contributed by atoms with Gasteiger partial charge in [-0.05, 0) is 25.1 Å². The summed E-state index contributed by atoms with van der Waals surface area (Å²) in [6.45, 7) is 1.86. The molecule has 1 aromatic carbocycles. The fourth-order valence-electron chi connectivity index (χ4n) is 1.45. The van der Waals surface area contributed by atoms with Crippen molar-refractivity contribution >= 4 is 5.95 Å². The van der Waals surface area contributed by atoms with Crippen LogP contribution >= 0.6 is 0 Å². The van der Waals surface area contributed by atoms with Crippen LogP contribution in [0.2, 0.25) is 0 Å². The van der Waals surface area contributed by atoms with E-state index in [1.54, 1.807) is 37.4 Å². The van der Waals surface area contributed by atoms with E-state index < -0.39 is 0 Å². The van der Waals surface area contributed by atoms with Crippen LogP contribution in [-0.2, 0) is 0 Å². The van der Waals surface area contributed by atoms with Crippen molar-refractivity contribution in [1.29, 1.82) is 5.26 Å². The monoisotopic (exact) mass is 240 g/mol. The summed E-state index contributed by atoms with van der Waals surface area (Å²) in [5, 5.41) is 11.7. The van der Waals surface area contributed by atoms with E-state index in [0.717, 1.165) is 5.69 Å². The fourth-order valence-corrected chi connectivity index (χ4v) is 1.45. The molecular weight excluding hydrogens is 228 g/mol. The largest absolute Gasteiger partial charge is 0.439 e. The fraction of sp³-hybridized carbons (Fsp3) is 0.154. The van der Waals surface area contributed by atoms with Crippen molar-refractivity contribution in [3.8, 4) is 17.7 Å². The molecule has 2 aromatic rings. The number of benzene rings is 1. The van der Waals surface area contributed by atoms with Crippen LogP contribution in [0.25, 0.3) is 0 Å². The number of aryl methyl sites for hydroxylation is 1. The van der Waals surface area contributed by atoms with Crippen LogP contribution in [0.4, 0.5) is 5.95 Å². The van der Waals surface area contributed by atoms with Gasteiger partial charge in [0.15, 0.2) is 0 Å². The molecule has 0 spiro atoms. The number of hydrogen-bond donors (Lipinski definition) is 1. The minimum absolute atomic E-state index is 0.446. The summed E-state index contributed by atoms with van der Waals surface area (Å²) in [5.41, 5.74) is 1.35. The van der Waals surface area contributed by atoms with Crippen molar-refractivity contribution in [3.05, 3.63) is 41.6 Å². The minimum Gasteiger partial charge on any atom is -0.439 e. The summed E-state index contributed by atoms with van der Waals surface area (Å²) in [6, 6.07) is 10.7. The molecule has 1 heterocycles. The van der Waals surface area contributed by atoms with Gasteiger partial charge in [-0.15, -0.1) is 0 Å². The third-order valence-electron chi connectivity index (χ3n) is 2.24. The van der Waals surface area contributed by atoms with E-state index in [9.17, 15) is 0 Å². The number of nitrogens with one attached hydrogen (secondary N) is 1. The number of rotatable bonds is 3. The van der Waals surface area contributed by atoms with E-state index in [-0.39, 0.29) is 0 Å². The van der Waals surface area contributed by atoms with Crippen LogP contribution in [0.5, 0.6) is 11.6 Å². The number of ether oxygens (including phenoxy) is 1. The van der Waals surface area contributed by atoms with Gasteiger partial charge in [0.05, 0.1) is 11.6 Å². The average Bonchev–Trinajstić information content (AvgIpc) is 2.38. The molecule has 5 nitrogen and oxygen atoms in total. The number of hydrogen-bond acceptors (Lipinski definition) is 5. The lowest BCUT2D eigenvalue weighted by atomic mass is 10.2. The van der Waals surface area contributed by atoms with Crippen LogP contribution in [0.1, 0.15) is 11.3 Å². The zero-order valence-corrected chi connectivity index (χ0v) is 10.1. The van der Waals surface area contributed by atoms with Crippen LogP contribution in [-0.4, -0.2) is 17.0 Å². The molecule has 0 atom stereocenters. The molecule has 0 saturated carbocycles. The predicted molar refractivity (Wildman–Crippen MR) is 67.5 cm³/mol. The maximum Gasteiger partial charge on any atom is 0.225 e. The maximum absolute atomic E-state index is 8.81. The molecular formula is C13H12N4O. The van der Waals surface area contributed by atoms with E-state index >= 15 is 0 Å². The Kier molecular flexibility index (Phi) is 3.39. The Morgan fingerprint density at radius 2 is 2.11 bits per heavy atom. The minimum atomic E-state index is 0.446. The lowest BCUT2D eigenvalue weighted by molar-refractivity contribution is 0.461. The SMILES string of the molecule is CNc1nc(C)cc(Oc2cccc(C#N)c2)n1. The van der Waals surface area contributed by atoms with Crippen LogP contribution in [0.15, 0.2) is 30.3 Å². The first-order valence-corrected chi connectivity index (χ1v) is 5.42. The average molecular weight is 240 g/mol. The second kappa shape index (κ2) is 5.15. The molecule has 0 aliphatic heterocycles. The van der Waals surface area contributed by atoms with Crippen LogP contribution < -0.4 is 10.1 Å². The first kappa shape index (κ1) is 11.9. The second-order valence-corrected chi connectivity index (χ2v) is 3.66. The molecule has 0 bridgehead atoms. The molecule has 0 radical (unpaired) electrons. The molecule has 18 heavy (non-hydrogen) atoms. The summed E-state index contributed by atoms with van der Waals surface area (Å²) in [5.74, 6) is 1.53. The Bertz CT molecular complexity index is 604. The van der Waals surface area contributed by atoms with Crippen molar-refractivity contribution in [1.82, 2.24) is 9.97 Å². The summed E-state index contributed by atoms with van der Waals surface area (Å²) < 4.78 is 5.60. The zero-order valence-electron chi connectivity index (χ0n) is 10.1. The Morgan fingerprint density at radius 1 is 1.28 bits per heavy atom. The first-order valence-electron chi connectivity index (χ1n) is 5.42. The van der Waals surface area contributed by atoms with Crippen molar-refractivity contribution in [2.45, 2.75) is 6.92 Å². The smallest absolute Gasteiger partial charge is 0.225 e. The van der Waals surface area contributed by atoms with Gasteiger partial charge in [0.1, 0.15) is 5.75 Å². The summed E-state index contributed by atoms with van der Waals surface area (Å²) in [4.78, 5) is 8.35. The highest BCUT2D eigenvalue weighted by atomic mass is 16.5. The number of nitriles is 1. The normalized spacial score (nSPS) is 9.61. The van der Waals surface area contributed by atoms with Crippen molar-refractivity contribution in [2.75, 3.05) is 12.4 Å². The van der Waals surface area contributed by atoms with Gasteiger partial charge < -0.3 is 10.1 Å². The van der Waals surface area contributed by atoms with Crippen molar-refractivity contribution in [3.63, 3.8) is 0 Å². The van der Waals surface area contributed by atoms with Gasteiger partial charge in [-0.25, -0.2) is 4.98 Å². The molecule has 5 heteroatoms. The van der Waals surface area contributed by atoms with E-state index in [0.29, 0.717) is 23.1 Å². The molecule has 0 saturated heterocycles. The Hall–Kier alpha value is -2.61. The van der Waals surface area contributed by atoms with Crippen molar-refractivity contribution in [2.24, 2.45) is 0 Å². The second-order valence-electron chi connectivity index (χ2n) is 3.66. The van der Waals surface area contributed by atoms with E-state index in [1.165, 1.54) is 0 Å². The Morgan fingerprint density at radius 3 is 2.83 bits per heavy atom. The van der Waals surface area contributed by atoms with Gasteiger partial charge in [-0.2, -0.15) is 10.2 Å². The third-order valence-corrected chi connectivity index (χ3v) is 2.24. The molecule has 1 N–H and O–H groups in total. The van der Waals surface area contributed by atoms with Crippen LogP contribution in [0, 0.1) is 18.3 Å². The highest BCUT2D eigenvalue weighted by Crippen LogP contribution is 2.21. The van der Waals surface area contributed by atoms with E-state index in [4.69, 9.17) is 10.00 Å². The standard InChI is InChI=1S/C13H12N4O/c1-9-6-12(17-13(15-2)16-9)18-11-5-3-4-10(7-11)8-14/h3-7H,1-2H3,(H,15,16,17). The third kappa shape index (κ3) is 2.74. The number of anilines is 1. The lowest BCUT2D eigenvalue weighted by Gasteiger charge is -2.07. The highest BCUT2D eigenvalue weighted by Gasteiger charge is 2.04. The highest BCUT2D eigenvalue weighted by molar-refractivity contribution is 5.39. The molecule has 2 rings (SSSR count). The number of nitrogens with zero attached hydrogens (tertiary/aromatic N) is 3. The van der Waals surface area contributed by atoms with Crippen LogP contribution in [0.3, 0.4) is 0 Å². The van der Waals surface area contributed by atoms with Gasteiger partial charge in [-0.1, -0.05) is 6.07 Å². The van der Waals surface area contributed by atoms with Gasteiger partial charge in [0.2, 0.25) is 11.8 Å². The molecule has 90 valence electrons. The Labute approximate surface area is 105 Å². The van der Waals surface area contributed by atoms with E-state index in [1.807, 2.05) is 6.92 Å². The zero-order chi connectivity index (χ0) is 13.0. The maximum atomic E-state index is 8.81. The van der Waals surface area contributed by atoms with Gasteiger partial charge in [0, 0.05) is 18.8 Å². The lowest BCUT2D eigenvalue weighted by Crippen LogP contribution is -1.99. The topological polar surface area (TPSA) is 70.8 Å². The van der Waals surface area contributed by atoms with E-state index in [2.05, 4.69) is 21.4 Å². The molecule has 0 fully saturated rings. The number of aromatic nitrogens is 2. The molecule has 0 aliphatic rings. The molecule has 1 aromatic heterocycles. The van der Waals surface area contributed by atoms with Gasteiger partial charge in [-0.3, -0.25) is 0 Å². The molecule has 0 amide bonds. The molecule has 0 unspecified atom stereocenters. The summed E-state index contributed by atoms with van der Waals surface area (Å²) in [6.07, 6.45) is 0. The first-order chi connectivity index (χ1) is 8.71. The van der Waals surface area contributed by atoms with Gasteiger partial charge in [0.25, 0.3) is 0 Å². The quantitative estimate of drug-likeness (QED) is 0.892. The Balaban J connectivity index is 2.28. The summed E-state index contributed by atoms with van der Waals surface area (Å²) in [7, 11) is 1.74. The summed E-state index contributed by atoms with van der Waals surface area (Å²) >= 11 is 0.